The van der Waals surface area contributed by atoms with Gasteiger partial charge in [0.25, 0.3) is 0 Å². The second-order valence-corrected chi connectivity index (χ2v) is 5.18. The van der Waals surface area contributed by atoms with Crippen LogP contribution in [0.4, 0.5) is 0 Å². The fraction of sp³-hybridized carbons (Fsp3) is 0.143. The molecule has 0 aliphatic carbocycles. The molecular formula is C14H14BrCl2N. The van der Waals surface area contributed by atoms with Gasteiger partial charge in [-0.2, -0.15) is 0 Å². The molecule has 0 fully saturated rings. The van der Waals surface area contributed by atoms with Crippen LogP contribution in [0.25, 0.3) is 0 Å². The van der Waals surface area contributed by atoms with Gasteiger partial charge in [0, 0.05) is 9.50 Å². The Labute approximate surface area is 127 Å². The van der Waals surface area contributed by atoms with Crippen LogP contribution in [0.1, 0.15) is 17.2 Å². The van der Waals surface area contributed by atoms with Gasteiger partial charge in [-0.25, -0.2) is 0 Å². The Morgan fingerprint density at radius 3 is 1.83 bits per heavy atom. The van der Waals surface area contributed by atoms with Gasteiger partial charge in [-0.1, -0.05) is 51.8 Å². The third-order valence-corrected chi connectivity index (χ3v) is 3.48. The van der Waals surface area contributed by atoms with E-state index >= 15 is 0 Å². The monoisotopic (exact) mass is 345 g/mol. The first-order chi connectivity index (χ1) is 8.20. The Kier molecular flexibility index (Phi) is 6.16. The molecule has 0 aromatic heterocycles. The number of hydrogen-bond donors (Lipinski definition) is 1. The summed E-state index contributed by atoms with van der Waals surface area (Å²) in [5, 5.41) is 4.08. The lowest BCUT2D eigenvalue weighted by Gasteiger charge is -2.17. The van der Waals surface area contributed by atoms with Crippen molar-refractivity contribution in [3.05, 3.63) is 69.2 Å². The van der Waals surface area contributed by atoms with Gasteiger partial charge >= 0.3 is 0 Å². The zero-order valence-corrected chi connectivity index (χ0v) is 13.0. The SMILES string of the molecule is CNC(c1ccc(Cl)cc1)c1ccc(Br)cc1.Cl. The molecule has 2 aromatic rings. The molecule has 2 aromatic carbocycles. The van der Waals surface area contributed by atoms with Crippen LogP contribution < -0.4 is 5.32 Å². The molecule has 1 nitrogen and oxygen atoms in total. The van der Waals surface area contributed by atoms with Gasteiger partial charge in [-0.05, 0) is 42.4 Å². The van der Waals surface area contributed by atoms with Gasteiger partial charge in [0.2, 0.25) is 0 Å². The summed E-state index contributed by atoms with van der Waals surface area (Å²) in [6.07, 6.45) is 0. The normalized spacial score (nSPS) is 11.7. The highest BCUT2D eigenvalue weighted by Crippen LogP contribution is 2.24. The highest BCUT2D eigenvalue weighted by atomic mass is 79.9. The summed E-state index contributed by atoms with van der Waals surface area (Å²) in [7, 11) is 1.96. The number of rotatable bonds is 3. The molecule has 0 spiro atoms. The molecule has 1 atom stereocenters. The van der Waals surface area contributed by atoms with E-state index in [9.17, 15) is 0 Å². The topological polar surface area (TPSA) is 12.0 Å². The molecule has 0 aliphatic heterocycles. The zero-order chi connectivity index (χ0) is 12.3. The molecule has 0 saturated carbocycles. The number of nitrogens with one attached hydrogen (secondary N) is 1. The Bertz CT molecular complexity index is 437. The summed E-state index contributed by atoms with van der Waals surface area (Å²) in [6, 6.07) is 16.4. The van der Waals surface area contributed by atoms with Gasteiger partial charge in [0.15, 0.2) is 0 Å². The van der Waals surface area contributed by atoms with Crippen LogP contribution in [0.2, 0.25) is 5.02 Å². The molecule has 0 radical (unpaired) electrons. The van der Waals surface area contributed by atoms with Crippen LogP contribution in [0.3, 0.4) is 0 Å². The highest BCUT2D eigenvalue weighted by molar-refractivity contribution is 9.10. The minimum atomic E-state index is 0. The highest BCUT2D eigenvalue weighted by Gasteiger charge is 2.11. The Morgan fingerprint density at radius 2 is 1.39 bits per heavy atom. The summed E-state index contributed by atoms with van der Waals surface area (Å²) in [6.45, 7) is 0. The molecule has 0 bridgehead atoms. The minimum Gasteiger partial charge on any atom is -0.309 e. The lowest BCUT2D eigenvalue weighted by atomic mass is 9.99. The van der Waals surface area contributed by atoms with Crippen molar-refractivity contribution in [3.63, 3.8) is 0 Å². The lowest BCUT2D eigenvalue weighted by molar-refractivity contribution is 0.692. The van der Waals surface area contributed by atoms with Crippen LogP contribution in [-0.4, -0.2) is 7.05 Å². The van der Waals surface area contributed by atoms with E-state index in [4.69, 9.17) is 11.6 Å². The van der Waals surface area contributed by atoms with E-state index in [2.05, 4.69) is 45.5 Å². The molecule has 18 heavy (non-hydrogen) atoms. The second kappa shape index (κ2) is 7.15. The maximum Gasteiger partial charge on any atom is 0.0574 e. The van der Waals surface area contributed by atoms with Crippen molar-refractivity contribution in [1.82, 2.24) is 5.32 Å². The lowest BCUT2D eigenvalue weighted by Crippen LogP contribution is -2.17. The number of hydrogen-bond acceptors (Lipinski definition) is 1. The average molecular weight is 347 g/mol. The first-order valence-corrected chi connectivity index (χ1v) is 6.56. The van der Waals surface area contributed by atoms with E-state index in [0.29, 0.717) is 0 Å². The van der Waals surface area contributed by atoms with Crippen molar-refractivity contribution in [2.75, 3.05) is 7.05 Å². The minimum absolute atomic E-state index is 0. The first-order valence-electron chi connectivity index (χ1n) is 5.39. The largest absolute Gasteiger partial charge is 0.309 e. The van der Waals surface area contributed by atoms with Crippen molar-refractivity contribution in [3.8, 4) is 0 Å². The van der Waals surface area contributed by atoms with Gasteiger partial charge in [-0.15, -0.1) is 12.4 Å². The molecule has 1 N–H and O–H groups in total. The molecule has 0 amide bonds. The van der Waals surface area contributed by atoms with E-state index in [0.717, 1.165) is 9.50 Å². The molecule has 0 saturated heterocycles. The maximum absolute atomic E-state index is 5.90. The molecular weight excluding hydrogens is 333 g/mol. The van der Waals surface area contributed by atoms with Crippen LogP contribution in [0.5, 0.6) is 0 Å². The number of benzene rings is 2. The quantitative estimate of drug-likeness (QED) is 0.839. The molecule has 0 aliphatic rings. The van der Waals surface area contributed by atoms with E-state index in [1.165, 1.54) is 11.1 Å². The molecule has 1 unspecified atom stereocenters. The Morgan fingerprint density at radius 1 is 0.944 bits per heavy atom. The fourth-order valence-electron chi connectivity index (χ4n) is 1.84. The van der Waals surface area contributed by atoms with E-state index in [1.54, 1.807) is 0 Å². The number of halogens is 3. The third-order valence-electron chi connectivity index (χ3n) is 2.70. The van der Waals surface area contributed by atoms with Crippen molar-refractivity contribution in [2.24, 2.45) is 0 Å². The van der Waals surface area contributed by atoms with Gasteiger partial charge in [0.1, 0.15) is 0 Å². The van der Waals surface area contributed by atoms with Crippen molar-refractivity contribution < 1.29 is 0 Å². The molecule has 4 heteroatoms. The summed E-state index contributed by atoms with van der Waals surface area (Å²) < 4.78 is 1.09. The standard InChI is InChI=1S/C14H13BrClN.ClH/c1-17-14(10-2-6-12(15)7-3-10)11-4-8-13(16)9-5-11;/h2-9,14,17H,1H3;1H. The predicted molar refractivity (Wildman–Crippen MR) is 83.7 cm³/mol. The average Bonchev–Trinajstić information content (AvgIpc) is 2.35. The summed E-state index contributed by atoms with van der Waals surface area (Å²) in [5.41, 5.74) is 2.44. The molecule has 96 valence electrons. The second-order valence-electron chi connectivity index (χ2n) is 3.82. The van der Waals surface area contributed by atoms with E-state index < -0.39 is 0 Å². The van der Waals surface area contributed by atoms with Crippen molar-refractivity contribution >= 4 is 39.9 Å². The fourth-order valence-corrected chi connectivity index (χ4v) is 2.23. The smallest absolute Gasteiger partial charge is 0.0574 e. The van der Waals surface area contributed by atoms with Crippen LogP contribution in [0, 0.1) is 0 Å². The predicted octanol–water partition coefficient (Wildman–Crippen LogP) is 4.83. The summed E-state index contributed by atoms with van der Waals surface area (Å²) >= 11 is 9.34. The summed E-state index contributed by atoms with van der Waals surface area (Å²) in [5.74, 6) is 0. The Balaban J connectivity index is 0.00000162. The van der Waals surface area contributed by atoms with Crippen molar-refractivity contribution in [2.45, 2.75) is 6.04 Å². The van der Waals surface area contributed by atoms with Crippen LogP contribution in [-0.2, 0) is 0 Å². The zero-order valence-electron chi connectivity index (χ0n) is 9.86. The Hall–Kier alpha value is -0.540. The molecule has 2 rings (SSSR count). The van der Waals surface area contributed by atoms with Crippen LogP contribution >= 0.6 is 39.9 Å². The van der Waals surface area contributed by atoms with Crippen LogP contribution in [0.15, 0.2) is 53.0 Å². The third kappa shape index (κ3) is 3.72. The summed E-state index contributed by atoms with van der Waals surface area (Å²) in [4.78, 5) is 0. The van der Waals surface area contributed by atoms with E-state index in [1.807, 2.05) is 31.3 Å². The van der Waals surface area contributed by atoms with Gasteiger partial charge in [0.05, 0.1) is 6.04 Å². The molecule has 0 heterocycles. The van der Waals surface area contributed by atoms with Gasteiger partial charge < -0.3 is 5.32 Å². The van der Waals surface area contributed by atoms with Gasteiger partial charge in [-0.3, -0.25) is 0 Å². The van der Waals surface area contributed by atoms with Crippen molar-refractivity contribution in [1.29, 1.82) is 0 Å². The maximum atomic E-state index is 5.90. The van der Waals surface area contributed by atoms with E-state index in [-0.39, 0.29) is 18.4 Å². The first kappa shape index (κ1) is 15.5.